The molecule has 0 bridgehead atoms. The van der Waals surface area contributed by atoms with Crippen molar-refractivity contribution >= 4 is 17.8 Å². The monoisotopic (exact) mass is 275 g/mol. The van der Waals surface area contributed by atoms with Crippen molar-refractivity contribution in [2.75, 3.05) is 6.61 Å². The molecule has 6 nitrogen and oxygen atoms in total. The number of ether oxygens (including phenoxy) is 1. The minimum Gasteiger partial charge on any atom is -0.366 e. The van der Waals surface area contributed by atoms with Crippen LogP contribution in [0.5, 0.6) is 0 Å². The second kappa shape index (κ2) is 4.72. The number of benzene rings is 1. The van der Waals surface area contributed by atoms with Crippen molar-refractivity contribution in [2.24, 2.45) is 5.92 Å². The summed E-state index contributed by atoms with van der Waals surface area (Å²) in [6.07, 6.45) is -0.184. The van der Waals surface area contributed by atoms with Crippen LogP contribution in [0.1, 0.15) is 34.1 Å². The molecule has 1 aromatic rings. The Morgan fingerprint density at radius 1 is 1.25 bits per heavy atom. The van der Waals surface area contributed by atoms with Crippen LogP contribution in [-0.4, -0.2) is 35.6 Å². The van der Waals surface area contributed by atoms with Gasteiger partial charge >= 0.3 is 5.97 Å². The van der Waals surface area contributed by atoms with E-state index in [2.05, 4.69) is 0 Å². The van der Waals surface area contributed by atoms with Gasteiger partial charge in [0.15, 0.2) is 6.10 Å². The van der Waals surface area contributed by atoms with Gasteiger partial charge < -0.3 is 9.57 Å². The number of fused-ring (bicyclic) bond motifs is 1. The van der Waals surface area contributed by atoms with Crippen LogP contribution in [0.2, 0.25) is 0 Å². The first-order valence-electron chi connectivity index (χ1n) is 6.39. The van der Waals surface area contributed by atoms with E-state index >= 15 is 0 Å². The van der Waals surface area contributed by atoms with Crippen LogP contribution in [0.15, 0.2) is 24.3 Å². The Kier molecular flexibility index (Phi) is 3.02. The van der Waals surface area contributed by atoms with E-state index in [9.17, 15) is 14.4 Å². The summed E-state index contributed by atoms with van der Waals surface area (Å²) in [5.74, 6) is -1.69. The lowest BCUT2D eigenvalue weighted by molar-refractivity contribution is -0.179. The second-order valence-corrected chi connectivity index (χ2v) is 5.02. The van der Waals surface area contributed by atoms with Crippen molar-refractivity contribution in [1.29, 1.82) is 0 Å². The topological polar surface area (TPSA) is 72.9 Å². The third-order valence-electron chi connectivity index (χ3n) is 3.40. The molecule has 1 fully saturated rings. The smallest absolute Gasteiger partial charge is 0.361 e. The first kappa shape index (κ1) is 12.8. The van der Waals surface area contributed by atoms with Crippen LogP contribution in [-0.2, 0) is 14.4 Å². The third kappa shape index (κ3) is 1.98. The van der Waals surface area contributed by atoms with E-state index in [1.165, 1.54) is 12.1 Å². The van der Waals surface area contributed by atoms with Crippen molar-refractivity contribution in [2.45, 2.75) is 19.4 Å². The normalized spacial score (nSPS) is 24.9. The zero-order valence-electron chi connectivity index (χ0n) is 10.9. The molecule has 0 radical (unpaired) electrons. The van der Waals surface area contributed by atoms with E-state index in [-0.39, 0.29) is 17.0 Å². The van der Waals surface area contributed by atoms with Crippen molar-refractivity contribution in [3.8, 4) is 0 Å². The fourth-order valence-electron chi connectivity index (χ4n) is 2.35. The quantitative estimate of drug-likeness (QED) is 0.757. The van der Waals surface area contributed by atoms with Gasteiger partial charge in [0, 0.05) is 0 Å². The SMILES string of the molecule is CC1COC(C(=O)ON2C(=O)c3ccccc3C2=O)C1. The summed E-state index contributed by atoms with van der Waals surface area (Å²) in [5.41, 5.74) is 0.483. The van der Waals surface area contributed by atoms with E-state index in [0.29, 0.717) is 18.1 Å². The van der Waals surface area contributed by atoms with Crippen molar-refractivity contribution in [3.05, 3.63) is 35.4 Å². The Hall–Kier alpha value is -2.21. The number of carbonyl (C=O) groups excluding carboxylic acids is 3. The number of amides is 2. The Bertz CT molecular complexity index is 562. The average molecular weight is 275 g/mol. The van der Waals surface area contributed by atoms with Crippen LogP contribution in [0, 0.1) is 5.92 Å². The maximum atomic E-state index is 12.0. The lowest BCUT2D eigenvalue weighted by Crippen LogP contribution is -2.36. The number of nitrogens with zero attached hydrogens (tertiary/aromatic N) is 1. The van der Waals surface area contributed by atoms with E-state index in [0.717, 1.165) is 0 Å². The predicted octanol–water partition coefficient (Wildman–Crippen LogP) is 1.17. The number of hydrogen-bond acceptors (Lipinski definition) is 5. The number of hydroxylamine groups is 2. The molecule has 2 amide bonds. The lowest BCUT2D eigenvalue weighted by Gasteiger charge is -2.15. The Morgan fingerprint density at radius 2 is 1.85 bits per heavy atom. The number of hydrogen-bond donors (Lipinski definition) is 0. The van der Waals surface area contributed by atoms with Crippen LogP contribution < -0.4 is 0 Å². The van der Waals surface area contributed by atoms with Gasteiger partial charge in [0.05, 0.1) is 17.7 Å². The van der Waals surface area contributed by atoms with Crippen LogP contribution in [0.3, 0.4) is 0 Å². The molecule has 0 aliphatic carbocycles. The molecule has 0 spiro atoms. The zero-order chi connectivity index (χ0) is 14.3. The molecule has 3 rings (SSSR count). The highest BCUT2D eigenvalue weighted by atomic mass is 16.7. The highest BCUT2D eigenvalue weighted by molar-refractivity contribution is 6.20. The summed E-state index contributed by atoms with van der Waals surface area (Å²) in [6, 6.07) is 6.35. The summed E-state index contributed by atoms with van der Waals surface area (Å²) >= 11 is 0. The molecule has 20 heavy (non-hydrogen) atoms. The molecular weight excluding hydrogens is 262 g/mol. The summed E-state index contributed by atoms with van der Waals surface area (Å²) < 4.78 is 5.26. The van der Waals surface area contributed by atoms with Gasteiger partial charge in [0.1, 0.15) is 0 Å². The van der Waals surface area contributed by atoms with Gasteiger partial charge in [-0.05, 0) is 24.5 Å². The fourth-order valence-corrected chi connectivity index (χ4v) is 2.35. The Morgan fingerprint density at radius 3 is 2.35 bits per heavy atom. The Labute approximate surface area is 115 Å². The molecule has 1 aromatic carbocycles. The van der Waals surface area contributed by atoms with Crippen molar-refractivity contribution in [1.82, 2.24) is 5.06 Å². The van der Waals surface area contributed by atoms with Gasteiger partial charge in [-0.3, -0.25) is 9.59 Å². The molecule has 2 heterocycles. The molecule has 1 saturated heterocycles. The van der Waals surface area contributed by atoms with Gasteiger partial charge in [-0.1, -0.05) is 24.1 Å². The molecular formula is C14H13NO5. The summed E-state index contributed by atoms with van der Waals surface area (Å²) in [4.78, 5) is 40.8. The molecule has 6 heteroatoms. The minimum atomic E-state index is -0.714. The lowest BCUT2D eigenvalue weighted by atomic mass is 10.1. The molecule has 2 unspecified atom stereocenters. The summed E-state index contributed by atoms with van der Waals surface area (Å²) in [7, 11) is 0. The highest BCUT2D eigenvalue weighted by Gasteiger charge is 2.40. The van der Waals surface area contributed by atoms with Crippen LogP contribution in [0.25, 0.3) is 0 Å². The molecule has 2 atom stereocenters. The molecule has 2 aliphatic rings. The van der Waals surface area contributed by atoms with Crippen LogP contribution >= 0.6 is 0 Å². The van der Waals surface area contributed by atoms with Gasteiger partial charge in [-0.25, -0.2) is 4.79 Å². The summed E-state index contributed by atoms with van der Waals surface area (Å²) in [5, 5.41) is 0.513. The molecule has 0 N–H and O–H groups in total. The molecule has 2 aliphatic heterocycles. The average Bonchev–Trinajstić information content (AvgIpc) is 2.98. The first-order chi connectivity index (χ1) is 9.58. The number of imide groups is 1. The van der Waals surface area contributed by atoms with Crippen molar-refractivity contribution in [3.63, 3.8) is 0 Å². The van der Waals surface area contributed by atoms with Gasteiger partial charge in [0.25, 0.3) is 11.8 Å². The van der Waals surface area contributed by atoms with E-state index < -0.39 is 23.9 Å². The Balaban J connectivity index is 1.75. The standard InChI is InChI=1S/C14H13NO5/c1-8-6-11(19-7-8)14(18)20-15-12(16)9-4-2-3-5-10(9)13(15)17/h2-5,8,11H,6-7H2,1H3. The minimum absolute atomic E-state index is 0.242. The van der Waals surface area contributed by atoms with Gasteiger partial charge in [-0.2, -0.15) is 0 Å². The van der Waals surface area contributed by atoms with Gasteiger partial charge in [-0.15, -0.1) is 0 Å². The first-order valence-corrected chi connectivity index (χ1v) is 6.39. The fraction of sp³-hybridized carbons (Fsp3) is 0.357. The van der Waals surface area contributed by atoms with E-state index in [1.807, 2.05) is 6.92 Å². The number of rotatable bonds is 2. The highest BCUT2D eigenvalue weighted by Crippen LogP contribution is 2.25. The zero-order valence-corrected chi connectivity index (χ0v) is 10.9. The predicted molar refractivity (Wildman–Crippen MR) is 66.6 cm³/mol. The largest absolute Gasteiger partial charge is 0.366 e. The van der Waals surface area contributed by atoms with E-state index in [4.69, 9.17) is 9.57 Å². The van der Waals surface area contributed by atoms with Gasteiger partial charge in [0.2, 0.25) is 0 Å². The maximum absolute atomic E-state index is 12.0. The van der Waals surface area contributed by atoms with E-state index in [1.54, 1.807) is 12.1 Å². The molecule has 104 valence electrons. The molecule has 0 saturated carbocycles. The van der Waals surface area contributed by atoms with Crippen LogP contribution in [0.4, 0.5) is 0 Å². The number of carbonyl (C=O) groups is 3. The summed E-state index contributed by atoms with van der Waals surface area (Å²) in [6.45, 7) is 2.43. The second-order valence-electron chi connectivity index (χ2n) is 5.02. The third-order valence-corrected chi connectivity index (χ3v) is 3.40. The van der Waals surface area contributed by atoms with Crippen molar-refractivity contribution < 1.29 is 24.0 Å². The maximum Gasteiger partial charge on any atom is 0.361 e. The molecule has 0 aromatic heterocycles.